The fraction of sp³-hybridized carbons (Fsp3) is 0.429. The second-order valence-corrected chi connectivity index (χ2v) is 6.57. The largest absolute Gasteiger partial charge is 0.370 e. The Morgan fingerprint density at radius 1 is 0.920 bits per heavy atom. The molecule has 1 aromatic carbocycles. The van der Waals surface area contributed by atoms with Crippen molar-refractivity contribution in [3.8, 4) is 0 Å². The van der Waals surface area contributed by atoms with E-state index in [-0.39, 0.29) is 0 Å². The molecular weight excluding hydrogens is 308 g/mol. The van der Waals surface area contributed by atoms with Crippen molar-refractivity contribution in [1.82, 2.24) is 9.97 Å². The molecule has 1 heterocycles. The monoisotopic (exact) mass is 336 g/mol. The minimum Gasteiger partial charge on any atom is -0.370 e. The number of benzene rings is 1. The average molecular weight is 336 g/mol. The van der Waals surface area contributed by atoms with Crippen molar-refractivity contribution in [3.63, 3.8) is 0 Å². The minimum absolute atomic E-state index is 0.704. The van der Waals surface area contributed by atoms with Crippen LogP contribution in [0.1, 0.15) is 44.1 Å². The maximum Gasteiger partial charge on any atom is 0.224 e. The Morgan fingerprint density at radius 2 is 1.84 bits per heavy atom. The topological polar surface area (TPSA) is 49.8 Å². The summed E-state index contributed by atoms with van der Waals surface area (Å²) in [5.41, 5.74) is 2.96. The van der Waals surface area contributed by atoms with Crippen LogP contribution in [0.4, 0.5) is 11.8 Å². The van der Waals surface area contributed by atoms with E-state index in [1.807, 2.05) is 12.3 Å². The summed E-state index contributed by atoms with van der Waals surface area (Å²) < 4.78 is 0. The Bertz CT molecular complexity index is 667. The van der Waals surface area contributed by atoms with E-state index in [1.54, 1.807) is 5.57 Å². The average Bonchev–Trinajstić information content (AvgIpc) is 2.67. The third-order valence-electron chi connectivity index (χ3n) is 4.56. The van der Waals surface area contributed by atoms with E-state index in [2.05, 4.69) is 57.0 Å². The van der Waals surface area contributed by atoms with Crippen LogP contribution in [0, 0.1) is 0 Å². The summed E-state index contributed by atoms with van der Waals surface area (Å²) in [6.07, 6.45) is 12.7. The quantitative estimate of drug-likeness (QED) is 0.509. The lowest BCUT2D eigenvalue weighted by Gasteiger charge is -2.13. The van der Waals surface area contributed by atoms with Crippen molar-refractivity contribution in [2.45, 2.75) is 44.9 Å². The Balaban J connectivity index is 1.38. The second-order valence-electron chi connectivity index (χ2n) is 6.57. The van der Waals surface area contributed by atoms with Crippen molar-refractivity contribution >= 4 is 11.8 Å². The van der Waals surface area contributed by atoms with Crippen molar-refractivity contribution in [2.24, 2.45) is 0 Å². The van der Waals surface area contributed by atoms with E-state index in [0.717, 1.165) is 38.2 Å². The summed E-state index contributed by atoms with van der Waals surface area (Å²) in [5.74, 6) is 1.60. The zero-order valence-corrected chi connectivity index (χ0v) is 14.9. The molecule has 4 nitrogen and oxygen atoms in total. The van der Waals surface area contributed by atoms with Crippen LogP contribution >= 0.6 is 0 Å². The minimum atomic E-state index is 0.704. The van der Waals surface area contributed by atoms with E-state index in [9.17, 15) is 0 Å². The summed E-state index contributed by atoms with van der Waals surface area (Å²) in [5, 5.41) is 6.74. The predicted molar refractivity (Wildman–Crippen MR) is 105 cm³/mol. The fourth-order valence-electron chi connectivity index (χ4n) is 3.16. The molecular formula is C21H28N4. The molecule has 3 rings (SSSR count). The van der Waals surface area contributed by atoms with Crippen LogP contribution in [0.3, 0.4) is 0 Å². The summed E-state index contributed by atoms with van der Waals surface area (Å²) in [6.45, 7) is 1.82. The lowest BCUT2D eigenvalue weighted by atomic mass is 9.97. The van der Waals surface area contributed by atoms with Crippen LogP contribution in [0.25, 0.3) is 0 Å². The predicted octanol–water partition coefficient (Wildman–Crippen LogP) is 4.82. The zero-order chi connectivity index (χ0) is 17.2. The molecule has 132 valence electrons. The summed E-state index contributed by atoms with van der Waals surface area (Å²) in [6, 6.07) is 12.5. The number of allylic oxidation sites excluding steroid dienone is 1. The summed E-state index contributed by atoms with van der Waals surface area (Å²) >= 11 is 0. The van der Waals surface area contributed by atoms with Gasteiger partial charge < -0.3 is 10.6 Å². The SMILES string of the molecule is C1=C(CCNc2ccnc(NCCCc3ccccc3)n2)CCCC1. The maximum atomic E-state index is 4.55. The number of rotatable bonds is 9. The van der Waals surface area contributed by atoms with Gasteiger partial charge in [0.25, 0.3) is 0 Å². The lowest BCUT2D eigenvalue weighted by Crippen LogP contribution is -2.09. The first-order chi connectivity index (χ1) is 12.4. The first-order valence-electron chi connectivity index (χ1n) is 9.43. The van der Waals surface area contributed by atoms with Gasteiger partial charge in [0.15, 0.2) is 0 Å². The number of anilines is 2. The summed E-state index contributed by atoms with van der Waals surface area (Å²) in [7, 11) is 0. The van der Waals surface area contributed by atoms with Gasteiger partial charge in [0.1, 0.15) is 5.82 Å². The molecule has 1 aliphatic rings. The molecule has 2 aromatic rings. The lowest BCUT2D eigenvalue weighted by molar-refractivity contribution is 0.679. The molecule has 0 spiro atoms. The Labute approximate surface area is 150 Å². The highest BCUT2D eigenvalue weighted by molar-refractivity contribution is 5.39. The van der Waals surface area contributed by atoms with Crippen LogP contribution in [-0.4, -0.2) is 23.1 Å². The van der Waals surface area contributed by atoms with Crippen LogP contribution in [0.5, 0.6) is 0 Å². The Kier molecular flexibility index (Phi) is 6.86. The molecule has 0 unspecified atom stereocenters. The van der Waals surface area contributed by atoms with Gasteiger partial charge in [-0.3, -0.25) is 0 Å². The van der Waals surface area contributed by atoms with Crippen LogP contribution < -0.4 is 10.6 Å². The van der Waals surface area contributed by atoms with Gasteiger partial charge in [-0.15, -0.1) is 0 Å². The smallest absolute Gasteiger partial charge is 0.224 e. The maximum absolute atomic E-state index is 4.55. The molecule has 0 amide bonds. The van der Waals surface area contributed by atoms with Crippen LogP contribution in [-0.2, 0) is 6.42 Å². The molecule has 0 fully saturated rings. The highest BCUT2D eigenvalue weighted by Crippen LogP contribution is 2.20. The number of nitrogens with one attached hydrogen (secondary N) is 2. The van der Waals surface area contributed by atoms with Gasteiger partial charge in [-0.2, -0.15) is 4.98 Å². The van der Waals surface area contributed by atoms with E-state index in [1.165, 1.54) is 31.2 Å². The molecule has 0 radical (unpaired) electrons. The molecule has 0 saturated carbocycles. The number of aromatic nitrogens is 2. The molecule has 1 aromatic heterocycles. The van der Waals surface area contributed by atoms with Gasteiger partial charge in [-0.05, 0) is 56.6 Å². The van der Waals surface area contributed by atoms with Crippen LogP contribution in [0.2, 0.25) is 0 Å². The van der Waals surface area contributed by atoms with Gasteiger partial charge in [0.05, 0.1) is 0 Å². The van der Waals surface area contributed by atoms with E-state index in [0.29, 0.717) is 5.95 Å². The normalized spacial score (nSPS) is 14.0. The third kappa shape index (κ3) is 6.22. The highest BCUT2D eigenvalue weighted by Gasteiger charge is 2.04. The highest BCUT2D eigenvalue weighted by atomic mass is 15.1. The van der Waals surface area contributed by atoms with E-state index >= 15 is 0 Å². The molecule has 4 heteroatoms. The first kappa shape index (κ1) is 17.5. The molecule has 25 heavy (non-hydrogen) atoms. The number of nitrogens with zero attached hydrogens (tertiary/aromatic N) is 2. The summed E-state index contributed by atoms with van der Waals surface area (Å²) in [4.78, 5) is 8.86. The molecule has 0 atom stereocenters. The fourth-order valence-corrected chi connectivity index (χ4v) is 3.16. The standard InChI is InChI=1S/C21H28N4/c1-3-8-18(9-4-1)12-7-15-23-21-24-17-14-20(25-21)22-16-13-19-10-5-2-6-11-19/h1,3-4,8-10,14,17H,2,5-7,11-13,15-16H2,(H2,22,23,24,25). The molecule has 1 aliphatic carbocycles. The van der Waals surface area contributed by atoms with Gasteiger partial charge in [0, 0.05) is 19.3 Å². The molecule has 0 bridgehead atoms. The van der Waals surface area contributed by atoms with Gasteiger partial charge in [-0.25, -0.2) is 4.98 Å². The molecule has 0 saturated heterocycles. The number of hydrogen-bond donors (Lipinski definition) is 2. The van der Waals surface area contributed by atoms with Crippen LogP contribution in [0.15, 0.2) is 54.2 Å². The Morgan fingerprint density at radius 3 is 2.68 bits per heavy atom. The molecule has 0 aliphatic heterocycles. The number of hydrogen-bond acceptors (Lipinski definition) is 4. The Hall–Kier alpha value is -2.36. The van der Waals surface area contributed by atoms with Gasteiger partial charge in [-0.1, -0.05) is 42.0 Å². The van der Waals surface area contributed by atoms with E-state index < -0.39 is 0 Å². The van der Waals surface area contributed by atoms with Gasteiger partial charge >= 0.3 is 0 Å². The molecule has 2 N–H and O–H groups in total. The van der Waals surface area contributed by atoms with Gasteiger partial charge in [0.2, 0.25) is 5.95 Å². The second kappa shape index (κ2) is 9.82. The van der Waals surface area contributed by atoms with Crippen molar-refractivity contribution in [1.29, 1.82) is 0 Å². The third-order valence-corrected chi connectivity index (χ3v) is 4.56. The van der Waals surface area contributed by atoms with E-state index in [4.69, 9.17) is 0 Å². The van der Waals surface area contributed by atoms with Crippen molar-refractivity contribution < 1.29 is 0 Å². The van der Waals surface area contributed by atoms with Crippen molar-refractivity contribution in [2.75, 3.05) is 23.7 Å². The first-order valence-corrected chi connectivity index (χ1v) is 9.43. The van der Waals surface area contributed by atoms with Crippen molar-refractivity contribution in [3.05, 3.63) is 59.8 Å². The zero-order valence-electron chi connectivity index (χ0n) is 14.9. The number of aryl methyl sites for hydroxylation is 1.